The number of anilines is 1. The van der Waals surface area contributed by atoms with Gasteiger partial charge >= 0.3 is 0 Å². The summed E-state index contributed by atoms with van der Waals surface area (Å²) in [6, 6.07) is 9.08. The lowest BCUT2D eigenvalue weighted by molar-refractivity contribution is -0.115. The van der Waals surface area contributed by atoms with Crippen molar-refractivity contribution >= 4 is 11.6 Å². The molecule has 0 unspecified atom stereocenters. The number of benzene rings is 2. The highest BCUT2D eigenvalue weighted by Gasteiger charge is 2.14. The third-order valence-corrected chi connectivity index (χ3v) is 3.23. The number of ether oxygens (including phenoxy) is 3. The van der Waals surface area contributed by atoms with Gasteiger partial charge in [-0.25, -0.2) is 4.39 Å². The van der Waals surface area contributed by atoms with E-state index in [0.717, 1.165) is 5.56 Å². The Morgan fingerprint density at radius 2 is 1.57 bits per heavy atom. The molecule has 6 heteroatoms. The zero-order valence-corrected chi connectivity index (χ0v) is 13.2. The number of hydrogen-bond acceptors (Lipinski definition) is 4. The average Bonchev–Trinajstić information content (AvgIpc) is 2.55. The van der Waals surface area contributed by atoms with Crippen molar-refractivity contribution in [3.05, 3.63) is 47.8 Å². The molecule has 0 spiro atoms. The lowest BCUT2D eigenvalue weighted by atomic mass is 10.1. The first kappa shape index (κ1) is 16.6. The van der Waals surface area contributed by atoms with Crippen LogP contribution in [-0.4, -0.2) is 27.2 Å². The third kappa shape index (κ3) is 4.12. The van der Waals surface area contributed by atoms with Crippen molar-refractivity contribution in [2.24, 2.45) is 0 Å². The van der Waals surface area contributed by atoms with Gasteiger partial charge in [-0.2, -0.15) is 0 Å². The molecule has 0 bridgehead atoms. The van der Waals surface area contributed by atoms with Crippen LogP contribution in [0.4, 0.5) is 10.1 Å². The monoisotopic (exact) mass is 319 g/mol. The maximum atomic E-state index is 12.9. The first-order chi connectivity index (χ1) is 11.1. The van der Waals surface area contributed by atoms with Crippen LogP contribution < -0.4 is 19.5 Å². The molecule has 0 fully saturated rings. The molecule has 0 aliphatic heterocycles. The van der Waals surface area contributed by atoms with Gasteiger partial charge in [-0.1, -0.05) is 12.1 Å². The van der Waals surface area contributed by atoms with Crippen LogP contribution in [0.15, 0.2) is 36.4 Å². The molecule has 5 nitrogen and oxygen atoms in total. The van der Waals surface area contributed by atoms with Gasteiger partial charge in [-0.3, -0.25) is 4.79 Å². The smallest absolute Gasteiger partial charge is 0.228 e. The highest BCUT2D eigenvalue weighted by molar-refractivity contribution is 5.93. The van der Waals surface area contributed by atoms with Gasteiger partial charge < -0.3 is 19.5 Å². The summed E-state index contributed by atoms with van der Waals surface area (Å²) in [6.07, 6.45) is 0.136. The molecule has 1 N–H and O–H groups in total. The Balaban J connectivity index is 2.15. The minimum Gasteiger partial charge on any atom is -0.493 e. The highest BCUT2D eigenvalue weighted by atomic mass is 19.1. The highest BCUT2D eigenvalue weighted by Crippen LogP contribution is 2.39. The summed E-state index contributed by atoms with van der Waals surface area (Å²) in [5.41, 5.74) is 1.24. The number of rotatable bonds is 6. The van der Waals surface area contributed by atoms with E-state index >= 15 is 0 Å². The van der Waals surface area contributed by atoms with E-state index in [9.17, 15) is 9.18 Å². The summed E-state index contributed by atoms with van der Waals surface area (Å²) in [4.78, 5) is 12.1. The lowest BCUT2D eigenvalue weighted by Crippen LogP contribution is -2.14. The first-order valence-electron chi connectivity index (χ1n) is 6.91. The van der Waals surface area contributed by atoms with Crippen LogP contribution in [0.5, 0.6) is 17.2 Å². The van der Waals surface area contributed by atoms with Crippen molar-refractivity contribution in [2.45, 2.75) is 6.42 Å². The predicted octanol–water partition coefficient (Wildman–Crippen LogP) is 3.03. The molecule has 0 aliphatic carbocycles. The number of carbonyl (C=O) groups excluding carboxylic acids is 1. The molecule has 2 aromatic carbocycles. The molecule has 23 heavy (non-hydrogen) atoms. The number of hydrogen-bond donors (Lipinski definition) is 1. The van der Waals surface area contributed by atoms with Crippen molar-refractivity contribution in [1.82, 2.24) is 0 Å². The quantitative estimate of drug-likeness (QED) is 0.889. The van der Waals surface area contributed by atoms with Crippen molar-refractivity contribution in [3.8, 4) is 17.2 Å². The van der Waals surface area contributed by atoms with E-state index in [0.29, 0.717) is 22.9 Å². The molecule has 0 saturated carbocycles. The van der Waals surface area contributed by atoms with E-state index in [1.54, 1.807) is 24.3 Å². The van der Waals surface area contributed by atoms with Crippen molar-refractivity contribution < 1.29 is 23.4 Å². The Kier molecular flexibility index (Phi) is 5.41. The molecule has 0 saturated heterocycles. The zero-order valence-electron chi connectivity index (χ0n) is 13.2. The maximum absolute atomic E-state index is 12.9. The fraction of sp³-hybridized carbons (Fsp3) is 0.235. The number of nitrogens with one attached hydrogen (secondary N) is 1. The molecule has 2 rings (SSSR count). The normalized spacial score (nSPS) is 10.1. The van der Waals surface area contributed by atoms with Crippen molar-refractivity contribution in [2.75, 3.05) is 26.6 Å². The van der Waals surface area contributed by atoms with Gasteiger partial charge in [0.15, 0.2) is 11.5 Å². The van der Waals surface area contributed by atoms with Gasteiger partial charge in [0.25, 0.3) is 0 Å². The van der Waals surface area contributed by atoms with Gasteiger partial charge in [-0.15, -0.1) is 0 Å². The molecular weight excluding hydrogens is 301 g/mol. The first-order valence-corrected chi connectivity index (χ1v) is 6.91. The number of methoxy groups -OCH3 is 3. The van der Waals surface area contributed by atoms with Gasteiger partial charge in [-0.05, 0) is 17.7 Å². The van der Waals surface area contributed by atoms with E-state index in [1.165, 1.54) is 33.5 Å². The summed E-state index contributed by atoms with van der Waals surface area (Å²) >= 11 is 0. The van der Waals surface area contributed by atoms with Crippen molar-refractivity contribution in [1.29, 1.82) is 0 Å². The SMILES string of the molecule is COc1cc(NC(=O)Cc2ccc(F)cc2)cc(OC)c1OC. The van der Waals surface area contributed by atoms with Crippen LogP contribution in [0.2, 0.25) is 0 Å². The molecule has 1 amide bonds. The summed E-state index contributed by atoms with van der Waals surface area (Å²) in [7, 11) is 4.51. The van der Waals surface area contributed by atoms with Gasteiger partial charge in [0.2, 0.25) is 11.7 Å². The van der Waals surface area contributed by atoms with Crippen LogP contribution >= 0.6 is 0 Å². The van der Waals surface area contributed by atoms with E-state index in [4.69, 9.17) is 14.2 Å². The molecule has 0 aliphatic rings. The predicted molar refractivity (Wildman–Crippen MR) is 84.8 cm³/mol. The Hall–Kier alpha value is -2.76. The fourth-order valence-electron chi connectivity index (χ4n) is 2.15. The average molecular weight is 319 g/mol. The molecule has 122 valence electrons. The Bertz CT molecular complexity index is 660. The fourth-order valence-corrected chi connectivity index (χ4v) is 2.15. The Morgan fingerprint density at radius 1 is 1.00 bits per heavy atom. The molecule has 0 heterocycles. The largest absolute Gasteiger partial charge is 0.493 e. The molecular formula is C17H18FNO4. The summed E-state index contributed by atoms with van der Waals surface area (Å²) in [6.45, 7) is 0. The summed E-state index contributed by atoms with van der Waals surface area (Å²) in [5.74, 6) is 0.782. The maximum Gasteiger partial charge on any atom is 0.228 e. The van der Waals surface area contributed by atoms with Crippen LogP contribution in [0, 0.1) is 5.82 Å². The van der Waals surface area contributed by atoms with Crippen molar-refractivity contribution in [3.63, 3.8) is 0 Å². The second-order valence-electron chi connectivity index (χ2n) is 4.77. The molecule has 0 radical (unpaired) electrons. The topological polar surface area (TPSA) is 56.8 Å². The molecule has 2 aromatic rings. The van der Waals surface area contributed by atoms with Crippen LogP contribution in [0.1, 0.15) is 5.56 Å². The van der Waals surface area contributed by atoms with Gasteiger partial charge in [0.05, 0.1) is 27.8 Å². The zero-order chi connectivity index (χ0) is 16.8. The summed E-state index contributed by atoms with van der Waals surface area (Å²) in [5, 5.41) is 2.76. The van der Waals surface area contributed by atoms with E-state index in [-0.39, 0.29) is 18.1 Å². The minimum absolute atomic E-state index is 0.136. The number of halogens is 1. The lowest BCUT2D eigenvalue weighted by Gasteiger charge is -2.14. The number of amides is 1. The Morgan fingerprint density at radius 3 is 2.04 bits per heavy atom. The van der Waals surface area contributed by atoms with Crippen LogP contribution in [-0.2, 0) is 11.2 Å². The van der Waals surface area contributed by atoms with Crippen LogP contribution in [0.25, 0.3) is 0 Å². The molecule has 0 aromatic heterocycles. The van der Waals surface area contributed by atoms with E-state index in [1.807, 2.05) is 0 Å². The second-order valence-corrected chi connectivity index (χ2v) is 4.77. The van der Waals surface area contributed by atoms with Gasteiger partial charge in [0.1, 0.15) is 5.82 Å². The Labute approximate surface area is 134 Å². The molecule has 0 atom stereocenters. The number of carbonyl (C=O) groups is 1. The third-order valence-electron chi connectivity index (χ3n) is 3.23. The van der Waals surface area contributed by atoms with E-state index < -0.39 is 0 Å². The standard InChI is InChI=1S/C17H18FNO4/c1-21-14-9-13(10-15(22-2)17(14)23-3)19-16(20)8-11-4-6-12(18)7-5-11/h4-7,9-10H,8H2,1-3H3,(H,19,20). The second kappa shape index (κ2) is 7.49. The van der Waals surface area contributed by atoms with E-state index in [2.05, 4.69) is 5.32 Å². The minimum atomic E-state index is -0.334. The van der Waals surface area contributed by atoms with Crippen LogP contribution in [0.3, 0.4) is 0 Å². The van der Waals surface area contributed by atoms with Gasteiger partial charge in [0, 0.05) is 17.8 Å². The summed E-state index contributed by atoms with van der Waals surface area (Å²) < 4.78 is 28.6.